The highest BCUT2D eigenvalue weighted by Gasteiger charge is 2.35. The number of rotatable bonds is 6. The Morgan fingerprint density at radius 3 is 1.43 bits per heavy atom. The van der Waals surface area contributed by atoms with E-state index in [1.54, 1.807) is 0 Å². The number of aromatic carboxylic acids is 2. The molecule has 16 N–H and O–H groups in total. The average molecular weight is 2140 g/mol. The number of fused-ring (bicyclic) bond motifs is 2. The van der Waals surface area contributed by atoms with E-state index in [0.29, 0.717) is 12.3 Å². The van der Waals surface area contributed by atoms with E-state index >= 15 is 0 Å². The van der Waals surface area contributed by atoms with Crippen LogP contribution in [0.2, 0.25) is 20.4 Å². The summed E-state index contributed by atoms with van der Waals surface area (Å²) < 4.78 is 207. The number of nitrogen functional groups attached to an aromatic ring is 4. The summed E-state index contributed by atoms with van der Waals surface area (Å²) in [6, 6.07) is 6.56. The van der Waals surface area contributed by atoms with Gasteiger partial charge in [0.2, 0.25) is 11.1 Å². The topological polar surface area (TPSA) is 419 Å². The lowest BCUT2D eigenvalue weighted by atomic mass is 10.1. The van der Waals surface area contributed by atoms with E-state index in [9.17, 15) is 114 Å². The number of halogens is 28. The van der Waals surface area contributed by atoms with Crippen LogP contribution in [0.15, 0.2) is 94.3 Å². The van der Waals surface area contributed by atoms with Gasteiger partial charge in [0.25, 0.3) is 29.1 Å². The fraction of sp³-hybridized carbons (Fsp3) is 0. The van der Waals surface area contributed by atoms with E-state index < -0.39 is 216 Å². The molecule has 9 aromatic rings. The van der Waals surface area contributed by atoms with Gasteiger partial charge in [-0.2, -0.15) is 4.39 Å². The van der Waals surface area contributed by atoms with Crippen molar-refractivity contribution in [3.05, 3.63) is 240 Å². The zero-order valence-corrected chi connectivity index (χ0v) is 66.2. The summed E-state index contributed by atoms with van der Waals surface area (Å²) >= 11 is 43.4. The molecule has 0 aliphatic carbocycles. The number of aromatic amines is 1. The number of carboxylic acid groups (broad SMARTS) is 2. The van der Waals surface area contributed by atoms with Crippen LogP contribution in [0, 0.1) is 103 Å². The number of nitro benzene ring substituents is 1. The van der Waals surface area contributed by atoms with Gasteiger partial charge >= 0.3 is 17.6 Å². The molecule has 1 aromatic heterocycles. The lowest BCUT2D eigenvalue weighted by Gasteiger charge is -2.08. The molecule has 1 aliphatic rings. The Morgan fingerprint density at radius 1 is 0.528 bits per heavy atom. The summed E-state index contributed by atoms with van der Waals surface area (Å²) in [4.78, 5) is 90.4. The number of nitrogens with two attached hydrogens (primary N) is 5. The van der Waals surface area contributed by atoms with Crippen LogP contribution in [0.5, 0.6) is 0 Å². The zero-order chi connectivity index (χ0) is 83.2. The summed E-state index contributed by atoms with van der Waals surface area (Å²) in [5, 5.41) is 38.9. The number of anilines is 6. The molecule has 8 aromatic carbocycles. The monoisotopic (exact) mass is 2130 g/mol. The number of Topliss-reactive ketones (excluding diaryl/α,β-unsaturated/α-hetero) is 1. The molecular weight excluding hydrogens is 2120 g/mol. The second-order valence-electron chi connectivity index (χ2n) is 18.8. The van der Waals surface area contributed by atoms with Crippen LogP contribution in [0.4, 0.5) is 110 Å². The first-order chi connectivity index (χ1) is 49.8. The predicted molar refractivity (Wildman–Crippen MR) is 387 cm³/mol. The molecule has 0 saturated carbocycles. The number of nitrogens with zero attached hydrogens (tertiary/aromatic N) is 3. The number of aromatic nitrogens is 2. The summed E-state index contributed by atoms with van der Waals surface area (Å²) in [7, 11) is 0. The molecule has 0 bridgehead atoms. The number of carbonyl (C=O) groups is 6. The Balaban J connectivity index is 0.000000321. The van der Waals surface area contributed by atoms with Crippen LogP contribution in [0.25, 0.3) is 10.9 Å². The number of nitrogens with one attached hydrogen (secondary N) is 3. The van der Waals surface area contributed by atoms with Crippen molar-refractivity contribution < 1.29 is 119 Å². The van der Waals surface area contributed by atoms with Crippen molar-refractivity contribution in [1.29, 1.82) is 0 Å². The van der Waals surface area contributed by atoms with Crippen LogP contribution in [-0.4, -0.2) is 72.0 Å². The van der Waals surface area contributed by atoms with Crippen molar-refractivity contribution in [2.24, 2.45) is 10.9 Å². The number of H-pyrrole nitrogens is 1. The Kier molecular flexibility index (Phi) is 35.3. The summed E-state index contributed by atoms with van der Waals surface area (Å²) in [5.74, 6) is -22.3. The summed E-state index contributed by atoms with van der Waals surface area (Å²) in [6.07, 6.45) is 0.526. The van der Waals surface area contributed by atoms with Gasteiger partial charge in [-0.1, -0.05) is 40.0 Å². The molecular formula is C57H25Br8Cl4F16N11O12. The number of oxime groups is 1. The highest BCUT2D eigenvalue weighted by molar-refractivity contribution is 9.11. The molecule has 0 saturated heterocycles. The SMILES string of the molecule is NC(=O)c1c(N)c(F)c(Br)c(Cl)c1F.Nc1c(F)c(Br)c(Cl)c(F)c1C(=O)O.Nc1c(F)c(Br)cc(F)c1C(=O)O.Nc1cc(F)cc(Br)c1F.O=C(/C=N/O)Nc1cc(F)cc(Br)c1F.O=C1Nc2c(F)c(Br)cc(F)c2C1=O.O=[N+]([O-])c1cc(F)cc(Br)c1F.O=c1[nH]c(Cl)nc2c(F)c(Br)c(Cl)c(F)c12. The Labute approximate surface area is 674 Å². The number of amides is 3. The van der Waals surface area contributed by atoms with Gasteiger partial charge in [-0.3, -0.25) is 39.1 Å². The fourth-order valence-electron chi connectivity index (χ4n) is 7.13. The number of carbonyl (C=O) groups excluding carboxylic acids is 4. The minimum Gasteiger partial charge on any atom is -0.478 e. The molecule has 0 atom stereocenters. The van der Waals surface area contributed by atoms with Crippen molar-refractivity contribution in [2.75, 3.05) is 33.6 Å². The summed E-state index contributed by atoms with van der Waals surface area (Å²) in [5.41, 5.74) is 16.8. The molecule has 2 heterocycles. The maximum atomic E-state index is 13.6. The third-order valence-electron chi connectivity index (χ3n) is 11.8. The highest BCUT2D eigenvalue weighted by atomic mass is 79.9. The Hall–Kier alpha value is -8.13. The average Bonchev–Trinajstić information content (AvgIpc) is 1.10. The first-order valence-electron chi connectivity index (χ1n) is 26.0. The molecule has 0 spiro atoms. The van der Waals surface area contributed by atoms with Gasteiger partial charge in [0.1, 0.15) is 62.9 Å². The van der Waals surface area contributed by atoms with Crippen LogP contribution in [-0.2, 0) is 9.59 Å². The Bertz CT molecular complexity index is 5130. The molecule has 51 heteroatoms. The second kappa shape index (κ2) is 40.5. The standard InChI is InChI=1S/C8HBrCl2F2N2O.C8H5BrF2N2O2.C8H2BrF2NO2.C7H4BrClF2N2O.C7H3BrClF2NO2.C7H4BrF2NO2.C6H2BrF2NO2.C6H4BrF2N/c9-2-3(10)4(12)1-6(5(2)13)14-8(11)15-7(1)16;9-5-1-4(10)2-6(8(5)11)13-7(14)3-12-15;9-2-1-3(10)4-6(5(2)11)12-8(14)7(4)13;2*8-2-3(9)4(10)1(7(13)14)6(12)5(2)11;8-2-1-3(9)4(7(12)13)6(11)5(2)10;7-4-1-3(8)2-5(6(4)9)10(11)12;7-4-1-3(8)2-5(10)6(4)9/h(H,14,15,16);1-3,15H,(H,13,14);1H,(H,12,13,14);12H2,(H2,13,14);12H2,(H,13,14);1H,11H2,(H,12,13);1-2H;1-2H,10H2/b;12-3+;;;;;;. The number of ketones is 1. The maximum Gasteiger partial charge on any atom is 0.340 e. The quantitative estimate of drug-likeness (QED) is 0.00704. The van der Waals surface area contributed by atoms with Crippen LogP contribution < -0.4 is 44.9 Å². The van der Waals surface area contributed by atoms with Crippen molar-refractivity contribution in [3.63, 3.8) is 0 Å². The minimum atomic E-state index is -1.67. The van der Waals surface area contributed by atoms with E-state index in [1.807, 2.05) is 15.6 Å². The van der Waals surface area contributed by atoms with Crippen molar-refractivity contribution in [1.82, 2.24) is 9.97 Å². The summed E-state index contributed by atoms with van der Waals surface area (Å²) in [6.45, 7) is 0. The molecule has 0 unspecified atom stereocenters. The lowest BCUT2D eigenvalue weighted by molar-refractivity contribution is -0.387. The Morgan fingerprint density at radius 2 is 0.944 bits per heavy atom. The van der Waals surface area contributed by atoms with Gasteiger partial charge in [0, 0.05) is 6.07 Å². The first kappa shape index (κ1) is 94.1. The van der Waals surface area contributed by atoms with Crippen molar-refractivity contribution in [2.45, 2.75) is 0 Å². The van der Waals surface area contributed by atoms with Gasteiger partial charge in [-0.15, -0.1) is 0 Å². The predicted octanol–water partition coefficient (Wildman–Crippen LogP) is 18.9. The number of nitro groups is 1. The third-order valence-corrected chi connectivity index (χ3v) is 18.9. The molecule has 0 fully saturated rings. The van der Waals surface area contributed by atoms with Gasteiger partial charge in [-0.25, -0.2) is 80.4 Å². The van der Waals surface area contributed by atoms with E-state index in [-0.39, 0.29) is 52.4 Å². The smallest absolute Gasteiger partial charge is 0.340 e. The number of carboxylic acids is 2. The number of hydrogen-bond donors (Lipinski definition) is 11. The van der Waals surface area contributed by atoms with E-state index in [0.717, 1.165) is 42.5 Å². The highest BCUT2D eigenvalue weighted by Crippen LogP contribution is 2.39. The maximum absolute atomic E-state index is 13.6. The van der Waals surface area contributed by atoms with E-state index in [4.69, 9.17) is 90.5 Å². The zero-order valence-electron chi connectivity index (χ0n) is 50.5. The largest absolute Gasteiger partial charge is 0.478 e. The molecule has 23 nitrogen and oxygen atoms in total. The van der Waals surface area contributed by atoms with Gasteiger partial charge in [-0.05, 0) is 175 Å². The second-order valence-corrected chi connectivity index (χ2v) is 26.9. The molecule has 576 valence electrons. The molecule has 0 radical (unpaired) electrons. The van der Waals surface area contributed by atoms with Gasteiger partial charge in [0.15, 0.2) is 58.2 Å². The third kappa shape index (κ3) is 23.2. The lowest BCUT2D eigenvalue weighted by Crippen LogP contribution is -2.17. The van der Waals surface area contributed by atoms with Crippen LogP contribution >= 0.6 is 174 Å². The van der Waals surface area contributed by atoms with Crippen LogP contribution in [0.3, 0.4) is 0 Å². The normalized spacial score (nSPS) is 10.9. The molecule has 1 aliphatic heterocycles. The molecule has 10 rings (SSSR count). The number of hydrogen-bond acceptors (Lipinski definition) is 16. The molecule has 3 amide bonds. The van der Waals surface area contributed by atoms with Crippen LogP contribution in [0.1, 0.15) is 41.4 Å². The first-order valence-corrected chi connectivity index (χ1v) is 33.9. The van der Waals surface area contributed by atoms with Gasteiger partial charge in [0.05, 0.1) is 102 Å². The van der Waals surface area contributed by atoms with Crippen molar-refractivity contribution >= 4 is 266 Å². The van der Waals surface area contributed by atoms with Gasteiger partial charge < -0.3 is 54.7 Å². The fourth-order valence-corrected chi connectivity index (χ4v) is 11.1. The van der Waals surface area contributed by atoms with E-state index in [1.165, 1.54) is 0 Å². The molecule has 108 heavy (non-hydrogen) atoms. The minimum absolute atomic E-state index is 0.0463. The number of primary amides is 1. The van der Waals surface area contributed by atoms with E-state index in [2.05, 4.69) is 138 Å². The number of benzene rings is 8. The van der Waals surface area contributed by atoms with Crippen molar-refractivity contribution in [3.8, 4) is 0 Å².